The number of rotatable bonds is 6. The number of imidazole rings is 1. The van der Waals surface area contributed by atoms with Crippen LogP contribution in [0.15, 0.2) is 15.9 Å². The largest absolute Gasteiger partial charge is 0.481 e. The van der Waals surface area contributed by atoms with Gasteiger partial charge in [0, 0.05) is 0 Å². The lowest BCUT2D eigenvalue weighted by Gasteiger charge is -2.25. The zero-order chi connectivity index (χ0) is 36.6. The van der Waals surface area contributed by atoms with Gasteiger partial charge in [-0.15, -0.1) is 0 Å². The van der Waals surface area contributed by atoms with Crippen LogP contribution in [-0.2, 0) is 48.2 Å². The van der Waals surface area contributed by atoms with Gasteiger partial charge in [0.25, 0.3) is 5.56 Å². The first kappa shape index (κ1) is 42.3. The number of halogens is 1. The Labute approximate surface area is 295 Å². The minimum atomic E-state index is -5.05. The summed E-state index contributed by atoms with van der Waals surface area (Å²) in [6, 6.07) is 0. The Morgan fingerprint density at radius 3 is 2.02 bits per heavy atom. The third-order valence-corrected chi connectivity index (χ3v) is 11.2. The molecule has 21 heteroatoms. The molecule has 4 aliphatic heterocycles. The molecule has 2 unspecified atom stereocenters. The molecule has 0 amide bonds. The van der Waals surface area contributed by atoms with E-state index >= 15 is 0 Å². The molecule has 2 saturated heterocycles. The van der Waals surface area contributed by atoms with Crippen molar-refractivity contribution in [1.29, 1.82) is 0 Å². The highest BCUT2D eigenvalue weighted by Crippen LogP contribution is 2.60. The maximum atomic E-state index is 12.9. The number of phosphoric acid groups is 2. The average molecular weight is 806 g/mol. The van der Waals surface area contributed by atoms with Crippen LogP contribution in [0.3, 0.4) is 0 Å². The minimum Gasteiger partial charge on any atom is -0.358 e. The van der Waals surface area contributed by atoms with Crippen molar-refractivity contribution < 1.29 is 51.2 Å². The van der Waals surface area contributed by atoms with Crippen molar-refractivity contribution in [3.8, 4) is 0 Å². The van der Waals surface area contributed by atoms with Crippen LogP contribution in [0.4, 0.5) is 0 Å². The number of aromatic nitrogens is 4. The molecule has 2 N–H and O–H groups in total. The molecular weight excluding hydrogens is 754 g/mol. The Balaban J connectivity index is 0.000000392. The zero-order valence-corrected chi connectivity index (χ0v) is 32.8. The van der Waals surface area contributed by atoms with Gasteiger partial charge in [-0.2, -0.15) is 4.31 Å². The predicted octanol–water partition coefficient (Wildman–Crippen LogP) is 3.71. The summed E-state index contributed by atoms with van der Waals surface area (Å²) in [5.74, 6) is -1.04. The Morgan fingerprint density at radius 2 is 1.47 bits per heavy atom. The Bertz CT molecular complexity index is 1480. The van der Waals surface area contributed by atoms with Crippen molar-refractivity contribution in [1.82, 2.24) is 28.9 Å². The predicted molar refractivity (Wildman–Crippen MR) is 183 cm³/mol. The lowest BCUT2D eigenvalue weighted by molar-refractivity contribution is -0.199. The molecule has 282 valence electrons. The van der Waals surface area contributed by atoms with Crippen LogP contribution in [0.25, 0.3) is 11.2 Å². The number of phosphoric ester groups is 2. The fraction of sp³-hybridized carbons (Fsp3) is 0.821. The molecule has 2 aromatic rings. The molecule has 6 rings (SSSR count). The fourth-order valence-electron chi connectivity index (χ4n) is 5.36. The molecule has 0 spiro atoms. The van der Waals surface area contributed by atoms with E-state index in [1.165, 1.54) is 50.2 Å². The summed E-state index contributed by atoms with van der Waals surface area (Å²) in [7, 11) is -10.0. The Hall–Kier alpha value is -1.15. The molecule has 0 radical (unpaired) electrons. The van der Waals surface area contributed by atoms with Gasteiger partial charge < -0.3 is 38.5 Å². The second-order valence-electron chi connectivity index (χ2n) is 11.5. The summed E-state index contributed by atoms with van der Waals surface area (Å²) in [5, 5.41) is 0. The van der Waals surface area contributed by atoms with Crippen LogP contribution in [0.5, 0.6) is 0 Å². The average Bonchev–Trinajstić information content (AvgIpc) is 3.65. The monoisotopic (exact) mass is 804 g/mol. The number of fused-ring (bicyclic) bond motifs is 11. The van der Waals surface area contributed by atoms with Crippen LogP contribution < -0.4 is 5.56 Å². The van der Waals surface area contributed by atoms with Crippen LogP contribution in [-0.4, -0.2) is 122 Å². The smallest absolute Gasteiger partial charge is 0.358 e. The minimum absolute atomic E-state index is 0.0199. The first-order valence-electron chi connectivity index (χ1n) is 16.4. The molecule has 18 nitrogen and oxygen atoms in total. The van der Waals surface area contributed by atoms with E-state index < -0.39 is 64.7 Å². The maximum Gasteiger partial charge on any atom is 0.481 e. The summed E-state index contributed by atoms with van der Waals surface area (Å²) in [4.78, 5) is 46.0. The molecule has 0 aromatic carbocycles. The first-order chi connectivity index (χ1) is 23.1. The van der Waals surface area contributed by atoms with Gasteiger partial charge in [0.15, 0.2) is 27.9 Å². The van der Waals surface area contributed by atoms with E-state index in [-0.39, 0.29) is 29.2 Å². The van der Waals surface area contributed by atoms with Gasteiger partial charge in [-0.25, -0.2) is 19.1 Å². The van der Waals surface area contributed by atoms with Gasteiger partial charge >= 0.3 is 15.6 Å². The molecule has 0 aliphatic carbocycles. The SMILES string of the molecule is CC1(C)O[C@@H]2[C@H](O1)[C@H]1COP(=O)(O)OP(=O)(O)OCCOCn3cnc4c(nc(Br)n4[C@@H]2O1)c3=O.CCN(CC)CC.CCN(CC)CC. The van der Waals surface area contributed by atoms with Crippen LogP contribution >= 0.6 is 31.6 Å². The number of hydrogen-bond acceptors (Lipinski definition) is 14. The summed E-state index contributed by atoms with van der Waals surface area (Å²) < 4.78 is 64.3. The second-order valence-corrected chi connectivity index (χ2v) is 15.2. The fourth-order valence-corrected chi connectivity index (χ4v) is 7.97. The second kappa shape index (κ2) is 18.6. The van der Waals surface area contributed by atoms with Gasteiger partial charge in [-0.1, -0.05) is 41.5 Å². The number of hydrogen-bond donors (Lipinski definition) is 2. The molecular formula is C28H51BrN6O12P2. The molecule has 6 heterocycles. The lowest BCUT2D eigenvalue weighted by Crippen LogP contribution is -2.32. The quantitative estimate of drug-likeness (QED) is 0.316. The third-order valence-electron chi connectivity index (χ3n) is 8.01. The zero-order valence-electron chi connectivity index (χ0n) is 29.4. The number of ether oxygens (including phenoxy) is 4. The van der Waals surface area contributed by atoms with Crippen molar-refractivity contribution in [2.75, 3.05) is 59.1 Å². The van der Waals surface area contributed by atoms with Crippen LogP contribution in [0.1, 0.15) is 61.6 Å². The van der Waals surface area contributed by atoms with Gasteiger partial charge in [0.2, 0.25) is 0 Å². The first-order valence-corrected chi connectivity index (χ1v) is 20.2. The normalized spacial score (nSPS) is 30.1. The van der Waals surface area contributed by atoms with E-state index in [9.17, 15) is 23.7 Å². The van der Waals surface area contributed by atoms with Crippen molar-refractivity contribution in [3.05, 3.63) is 21.4 Å². The standard InChI is InChI=1S/C16H21BrN4O12P2.2C6H15N/c1-16(2)31-10-8-5-29-35(25,26)33-34(23,24)28-4-3-27-7-20-6-18-12-9(13(20)22)19-15(17)21(12)14(30-8)11(10)32-16;2*1-4-7(5-2)6-3/h6,8,10-11,14H,3-5,7H2,1-2H3,(H,23,24)(H,25,26);2*4-6H2,1-3H3/t8-,10-,11-,14-;;/m1../s1. The number of nitrogens with zero attached hydrogens (tertiary/aromatic N) is 6. The van der Waals surface area contributed by atoms with E-state index in [4.69, 9.17) is 23.5 Å². The molecule has 2 fully saturated rings. The van der Waals surface area contributed by atoms with Gasteiger partial charge in [-0.05, 0) is 69.0 Å². The third kappa shape index (κ3) is 11.4. The van der Waals surface area contributed by atoms with E-state index in [0.717, 1.165) is 4.57 Å². The lowest BCUT2D eigenvalue weighted by atomic mass is 10.1. The van der Waals surface area contributed by atoms with Crippen LogP contribution in [0.2, 0.25) is 0 Å². The van der Waals surface area contributed by atoms with E-state index in [2.05, 4.69) is 86.1 Å². The summed E-state index contributed by atoms with van der Waals surface area (Å²) in [6.07, 6.45) is -2.20. The maximum absolute atomic E-state index is 12.9. The molecule has 2 aromatic heterocycles. The summed E-state index contributed by atoms with van der Waals surface area (Å²) in [6.45, 7) is 22.0. The van der Waals surface area contributed by atoms with E-state index in [0.29, 0.717) is 0 Å². The molecule has 4 aliphatic rings. The van der Waals surface area contributed by atoms with Crippen molar-refractivity contribution in [2.24, 2.45) is 0 Å². The van der Waals surface area contributed by atoms with E-state index in [1.807, 2.05) is 0 Å². The molecule has 49 heavy (non-hydrogen) atoms. The highest BCUT2D eigenvalue weighted by molar-refractivity contribution is 9.10. The Kier molecular flexibility index (Phi) is 16.0. The molecule has 0 saturated carbocycles. The van der Waals surface area contributed by atoms with E-state index in [1.54, 1.807) is 13.8 Å². The van der Waals surface area contributed by atoms with Gasteiger partial charge in [0.05, 0.1) is 19.8 Å². The van der Waals surface area contributed by atoms with Crippen molar-refractivity contribution in [3.63, 3.8) is 0 Å². The van der Waals surface area contributed by atoms with Crippen LogP contribution in [0, 0.1) is 0 Å². The summed E-state index contributed by atoms with van der Waals surface area (Å²) >= 11 is 3.34. The highest BCUT2D eigenvalue weighted by Gasteiger charge is 2.57. The molecule has 6 atom stereocenters. The van der Waals surface area contributed by atoms with Crippen molar-refractivity contribution >= 4 is 42.7 Å². The van der Waals surface area contributed by atoms with Gasteiger partial charge in [-0.3, -0.25) is 23.0 Å². The summed E-state index contributed by atoms with van der Waals surface area (Å²) in [5.41, 5.74) is -0.294. The highest BCUT2D eigenvalue weighted by atomic mass is 79.9. The van der Waals surface area contributed by atoms with Gasteiger partial charge in [0.1, 0.15) is 31.4 Å². The Morgan fingerprint density at radius 1 is 0.918 bits per heavy atom. The molecule has 6 bridgehead atoms. The van der Waals surface area contributed by atoms with Crippen molar-refractivity contribution in [2.45, 2.75) is 92.4 Å². The topological polar surface area (TPSA) is 198 Å².